The molecular weight excluding hydrogens is 312 g/mol. The number of carbonyl (C=O) groups excluding carboxylic acids is 2. The lowest BCUT2D eigenvalue weighted by molar-refractivity contribution is -0.115. The van der Waals surface area contributed by atoms with E-state index in [-0.39, 0.29) is 18.4 Å². The van der Waals surface area contributed by atoms with E-state index in [9.17, 15) is 9.59 Å². The Bertz CT molecular complexity index is 736. The second-order valence-electron chi connectivity index (χ2n) is 5.52. The summed E-state index contributed by atoms with van der Waals surface area (Å²) >= 11 is 6.01. The van der Waals surface area contributed by atoms with Crippen molar-refractivity contribution < 1.29 is 9.59 Å². The van der Waals surface area contributed by atoms with E-state index in [0.29, 0.717) is 16.3 Å². The van der Waals surface area contributed by atoms with E-state index < -0.39 is 0 Å². The minimum atomic E-state index is -0.298. The van der Waals surface area contributed by atoms with Gasteiger partial charge in [-0.3, -0.25) is 9.59 Å². The van der Waals surface area contributed by atoms with Crippen LogP contribution < -0.4 is 10.6 Å². The van der Waals surface area contributed by atoms with E-state index in [2.05, 4.69) is 10.6 Å². The Morgan fingerprint density at radius 1 is 1.04 bits per heavy atom. The summed E-state index contributed by atoms with van der Waals surface area (Å²) in [6, 6.07) is 10.9. The van der Waals surface area contributed by atoms with Crippen LogP contribution in [-0.2, 0) is 4.79 Å². The number of amides is 2. The second kappa shape index (κ2) is 7.29. The van der Waals surface area contributed by atoms with E-state index in [1.165, 1.54) is 0 Å². The zero-order chi connectivity index (χ0) is 17.0. The Morgan fingerprint density at radius 3 is 2.35 bits per heavy atom. The van der Waals surface area contributed by atoms with Gasteiger partial charge < -0.3 is 10.6 Å². The van der Waals surface area contributed by atoms with Gasteiger partial charge in [0.2, 0.25) is 5.91 Å². The third kappa shape index (κ3) is 4.57. The number of benzene rings is 2. The van der Waals surface area contributed by atoms with Crippen molar-refractivity contribution in [2.45, 2.75) is 20.8 Å². The average Bonchev–Trinajstić information content (AvgIpc) is 2.48. The fourth-order valence-electron chi connectivity index (χ4n) is 2.31. The standard InChI is InChI=1S/C18H19ClN2O2/c1-11-7-12(2)9-14(8-11)18(23)20-10-17(22)21-16-6-4-5-15(19)13(16)3/h4-9H,10H2,1-3H3,(H,20,23)(H,21,22). The van der Waals surface area contributed by atoms with E-state index in [1.54, 1.807) is 30.3 Å². The molecule has 0 spiro atoms. The predicted octanol–water partition coefficient (Wildman–Crippen LogP) is 3.63. The number of anilines is 1. The molecule has 5 heteroatoms. The second-order valence-corrected chi connectivity index (χ2v) is 5.93. The fraction of sp³-hybridized carbons (Fsp3) is 0.222. The van der Waals surface area contributed by atoms with Crippen molar-refractivity contribution in [3.63, 3.8) is 0 Å². The molecule has 0 atom stereocenters. The fourth-order valence-corrected chi connectivity index (χ4v) is 2.48. The average molecular weight is 331 g/mol. The molecular formula is C18H19ClN2O2. The zero-order valence-electron chi connectivity index (χ0n) is 13.4. The van der Waals surface area contributed by atoms with Crippen LogP contribution in [0.25, 0.3) is 0 Å². The van der Waals surface area contributed by atoms with Gasteiger partial charge in [-0.05, 0) is 50.6 Å². The number of nitrogens with one attached hydrogen (secondary N) is 2. The lowest BCUT2D eigenvalue weighted by Crippen LogP contribution is -2.33. The highest BCUT2D eigenvalue weighted by atomic mass is 35.5. The Balaban J connectivity index is 1.96. The van der Waals surface area contributed by atoms with E-state index >= 15 is 0 Å². The van der Waals surface area contributed by atoms with Crippen molar-refractivity contribution in [3.8, 4) is 0 Å². The summed E-state index contributed by atoms with van der Waals surface area (Å²) in [4.78, 5) is 24.1. The molecule has 0 aliphatic rings. The van der Waals surface area contributed by atoms with Gasteiger partial charge in [0.05, 0.1) is 6.54 Å². The highest BCUT2D eigenvalue weighted by Gasteiger charge is 2.10. The molecule has 0 aliphatic carbocycles. The van der Waals surface area contributed by atoms with Gasteiger partial charge in [0, 0.05) is 16.3 Å². The summed E-state index contributed by atoms with van der Waals surface area (Å²) in [5.74, 6) is -0.567. The molecule has 120 valence electrons. The van der Waals surface area contributed by atoms with Gasteiger partial charge in [0.1, 0.15) is 0 Å². The lowest BCUT2D eigenvalue weighted by Gasteiger charge is -2.10. The Kier molecular flexibility index (Phi) is 5.40. The summed E-state index contributed by atoms with van der Waals surface area (Å²) in [7, 11) is 0. The van der Waals surface area contributed by atoms with E-state index in [0.717, 1.165) is 16.7 Å². The van der Waals surface area contributed by atoms with Crippen LogP contribution in [0.5, 0.6) is 0 Å². The number of halogens is 1. The van der Waals surface area contributed by atoms with Crippen LogP contribution in [0.4, 0.5) is 5.69 Å². The van der Waals surface area contributed by atoms with Gasteiger partial charge in [0.15, 0.2) is 0 Å². The summed E-state index contributed by atoms with van der Waals surface area (Å²) < 4.78 is 0. The third-order valence-electron chi connectivity index (χ3n) is 3.44. The first-order chi connectivity index (χ1) is 10.9. The lowest BCUT2D eigenvalue weighted by atomic mass is 10.1. The van der Waals surface area contributed by atoms with Gasteiger partial charge in [-0.25, -0.2) is 0 Å². The topological polar surface area (TPSA) is 58.2 Å². The predicted molar refractivity (Wildman–Crippen MR) is 93.1 cm³/mol. The molecule has 0 unspecified atom stereocenters. The largest absolute Gasteiger partial charge is 0.343 e. The quantitative estimate of drug-likeness (QED) is 0.899. The van der Waals surface area contributed by atoms with E-state index in [1.807, 2.05) is 26.8 Å². The first-order valence-electron chi connectivity index (χ1n) is 7.28. The monoisotopic (exact) mass is 330 g/mol. The maximum atomic E-state index is 12.1. The maximum absolute atomic E-state index is 12.1. The van der Waals surface area contributed by atoms with Gasteiger partial charge in [-0.15, -0.1) is 0 Å². The molecule has 0 bridgehead atoms. The third-order valence-corrected chi connectivity index (χ3v) is 3.84. The molecule has 0 saturated carbocycles. The first kappa shape index (κ1) is 17.0. The molecule has 2 aromatic rings. The summed E-state index contributed by atoms with van der Waals surface area (Å²) in [6.07, 6.45) is 0. The van der Waals surface area contributed by atoms with Crippen molar-refractivity contribution in [1.82, 2.24) is 5.32 Å². The molecule has 4 nitrogen and oxygen atoms in total. The van der Waals surface area contributed by atoms with Crippen LogP contribution in [0.2, 0.25) is 5.02 Å². The van der Waals surface area contributed by atoms with Gasteiger partial charge in [-0.1, -0.05) is 34.9 Å². The molecule has 23 heavy (non-hydrogen) atoms. The van der Waals surface area contributed by atoms with Crippen molar-refractivity contribution in [2.75, 3.05) is 11.9 Å². The smallest absolute Gasteiger partial charge is 0.251 e. The number of rotatable bonds is 4. The molecule has 2 amide bonds. The zero-order valence-corrected chi connectivity index (χ0v) is 14.1. The van der Waals surface area contributed by atoms with Gasteiger partial charge in [-0.2, -0.15) is 0 Å². The Hall–Kier alpha value is -2.33. The summed E-state index contributed by atoms with van der Waals surface area (Å²) in [5, 5.41) is 5.95. The first-order valence-corrected chi connectivity index (χ1v) is 7.66. The Labute approximate surface area is 140 Å². The van der Waals surface area contributed by atoms with Gasteiger partial charge >= 0.3 is 0 Å². The van der Waals surface area contributed by atoms with Gasteiger partial charge in [0.25, 0.3) is 5.91 Å². The minimum absolute atomic E-state index is 0.0994. The Morgan fingerprint density at radius 2 is 1.70 bits per heavy atom. The summed E-state index contributed by atoms with van der Waals surface area (Å²) in [6.45, 7) is 5.58. The van der Waals surface area contributed by atoms with Crippen molar-refractivity contribution in [2.24, 2.45) is 0 Å². The molecule has 0 fully saturated rings. The molecule has 2 aromatic carbocycles. The van der Waals surface area contributed by atoms with Crippen molar-refractivity contribution >= 4 is 29.1 Å². The number of hydrogen-bond acceptors (Lipinski definition) is 2. The van der Waals surface area contributed by atoms with Crippen LogP contribution in [0.3, 0.4) is 0 Å². The molecule has 0 aromatic heterocycles. The van der Waals surface area contributed by atoms with Crippen LogP contribution in [0, 0.1) is 20.8 Å². The number of carbonyl (C=O) groups is 2. The van der Waals surface area contributed by atoms with Crippen LogP contribution in [0.1, 0.15) is 27.0 Å². The van der Waals surface area contributed by atoms with Crippen LogP contribution >= 0.6 is 11.6 Å². The highest BCUT2D eigenvalue weighted by Crippen LogP contribution is 2.22. The van der Waals surface area contributed by atoms with Crippen LogP contribution in [0.15, 0.2) is 36.4 Å². The number of hydrogen-bond donors (Lipinski definition) is 2. The van der Waals surface area contributed by atoms with E-state index in [4.69, 9.17) is 11.6 Å². The molecule has 0 heterocycles. The normalized spacial score (nSPS) is 10.3. The summed E-state index contributed by atoms with van der Waals surface area (Å²) in [5.41, 5.74) is 4.00. The molecule has 2 N–H and O–H groups in total. The molecule has 0 saturated heterocycles. The van der Waals surface area contributed by atoms with Crippen LogP contribution in [-0.4, -0.2) is 18.4 Å². The highest BCUT2D eigenvalue weighted by molar-refractivity contribution is 6.31. The molecule has 0 radical (unpaired) electrons. The number of aryl methyl sites for hydroxylation is 2. The molecule has 0 aliphatic heterocycles. The maximum Gasteiger partial charge on any atom is 0.251 e. The molecule has 2 rings (SSSR count). The van der Waals surface area contributed by atoms with Crippen molar-refractivity contribution in [3.05, 3.63) is 63.7 Å². The van der Waals surface area contributed by atoms with Crippen molar-refractivity contribution in [1.29, 1.82) is 0 Å². The minimum Gasteiger partial charge on any atom is -0.343 e. The SMILES string of the molecule is Cc1cc(C)cc(C(=O)NCC(=O)Nc2cccc(Cl)c2C)c1.